The predicted octanol–water partition coefficient (Wildman–Crippen LogP) is 3.96. The average molecular weight is 418 g/mol. The normalized spacial score (nSPS) is 20.3. The van der Waals surface area contributed by atoms with Gasteiger partial charge in [-0.15, -0.1) is 0 Å². The van der Waals surface area contributed by atoms with Gasteiger partial charge in [-0.05, 0) is 41.5 Å². The summed E-state index contributed by atoms with van der Waals surface area (Å²) < 4.78 is 28.0. The van der Waals surface area contributed by atoms with E-state index >= 15 is 0 Å². The van der Waals surface area contributed by atoms with Crippen LogP contribution in [0.5, 0.6) is 34.5 Å². The van der Waals surface area contributed by atoms with E-state index in [1.165, 1.54) is 21.3 Å². The molecule has 0 unspecified atom stereocenters. The molecule has 1 aliphatic rings. The number of fused-ring (bicyclic) bond motifs is 3. The molecule has 0 radical (unpaired) electrons. The molecule has 30 heavy (non-hydrogen) atoms. The predicted molar refractivity (Wildman–Crippen MR) is 113 cm³/mol. The third-order valence-electron chi connectivity index (χ3n) is 6.07. The van der Waals surface area contributed by atoms with Gasteiger partial charge in [0.1, 0.15) is 0 Å². The Morgan fingerprint density at radius 1 is 0.767 bits per heavy atom. The highest BCUT2D eigenvalue weighted by Crippen LogP contribution is 2.57. The van der Waals surface area contributed by atoms with Crippen molar-refractivity contribution >= 4 is 0 Å². The molecule has 2 N–H and O–H groups in total. The first-order valence-electron chi connectivity index (χ1n) is 9.82. The maximum atomic E-state index is 11.3. The lowest BCUT2D eigenvalue weighted by Crippen LogP contribution is -2.23. The van der Waals surface area contributed by atoms with Gasteiger partial charge in [0.2, 0.25) is 11.5 Å². The second kappa shape index (κ2) is 8.52. The highest BCUT2D eigenvalue weighted by Gasteiger charge is 2.36. The molecule has 3 rings (SSSR count). The van der Waals surface area contributed by atoms with E-state index in [2.05, 4.69) is 6.92 Å². The molecule has 164 valence electrons. The number of benzene rings is 2. The van der Waals surface area contributed by atoms with E-state index in [0.717, 1.165) is 5.56 Å². The topological polar surface area (TPSA) is 86.6 Å². The molecule has 0 aromatic heterocycles. The lowest BCUT2D eigenvalue weighted by Gasteiger charge is -2.33. The molecule has 3 atom stereocenters. The number of phenolic OH excluding ortho intramolecular Hbond substituents is 1. The summed E-state index contributed by atoms with van der Waals surface area (Å²) in [5.41, 5.74) is 2.82. The Morgan fingerprint density at radius 2 is 1.33 bits per heavy atom. The van der Waals surface area contributed by atoms with Crippen LogP contribution < -0.4 is 23.7 Å². The van der Waals surface area contributed by atoms with Gasteiger partial charge in [-0.2, -0.15) is 0 Å². The van der Waals surface area contributed by atoms with Crippen LogP contribution in [0.3, 0.4) is 0 Å². The quantitative estimate of drug-likeness (QED) is 0.760. The molecular formula is C23H30O7. The van der Waals surface area contributed by atoms with Crippen LogP contribution >= 0.6 is 0 Å². The van der Waals surface area contributed by atoms with Crippen LogP contribution in [-0.2, 0) is 6.42 Å². The maximum absolute atomic E-state index is 11.3. The van der Waals surface area contributed by atoms with E-state index in [1.54, 1.807) is 26.4 Å². The number of aliphatic hydroxyl groups excluding tert-OH is 1. The van der Waals surface area contributed by atoms with E-state index in [9.17, 15) is 10.2 Å². The summed E-state index contributed by atoms with van der Waals surface area (Å²) in [7, 11) is 7.61. The minimum atomic E-state index is -0.777. The molecule has 0 saturated carbocycles. The van der Waals surface area contributed by atoms with Crippen molar-refractivity contribution in [3.63, 3.8) is 0 Å². The van der Waals surface area contributed by atoms with Gasteiger partial charge in [0.15, 0.2) is 23.0 Å². The Bertz CT molecular complexity index is 938. The van der Waals surface area contributed by atoms with Gasteiger partial charge in [0.05, 0.1) is 41.7 Å². The Morgan fingerprint density at radius 3 is 1.87 bits per heavy atom. The number of aliphatic hydroxyl groups is 1. The molecule has 0 amide bonds. The van der Waals surface area contributed by atoms with Crippen LogP contribution in [0.1, 0.15) is 31.1 Å². The summed E-state index contributed by atoms with van der Waals surface area (Å²) in [4.78, 5) is 0. The molecular weight excluding hydrogens is 388 g/mol. The third-order valence-corrected chi connectivity index (χ3v) is 6.07. The molecule has 1 aliphatic carbocycles. The molecule has 0 bridgehead atoms. The van der Waals surface area contributed by atoms with Crippen molar-refractivity contribution in [1.82, 2.24) is 0 Å². The van der Waals surface area contributed by atoms with Gasteiger partial charge >= 0.3 is 0 Å². The fourth-order valence-electron chi connectivity index (χ4n) is 4.30. The van der Waals surface area contributed by atoms with Gasteiger partial charge in [0.25, 0.3) is 0 Å². The van der Waals surface area contributed by atoms with Crippen LogP contribution in [0, 0.1) is 11.8 Å². The number of rotatable bonds is 5. The fourth-order valence-corrected chi connectivity index (χ4v) is 4.30. The van der Waals surface area contributed by atoms with Crippen LogP contribution in [-0.4, -0.2) is 45.8 Å². The van der Waals surface area contributed by atoms with Crippen molar-refractivity contribution in [2.24, 2.45) is 11.8 Å². The van der Waals surface area contributed by atoms with E-state index < -0.39 is 6.10 Å². The largest absolute Gasteiger partial charge is 0.504 e. The highest BCUT2D eigenvalue weighted by atomic mass is 16.5. The minimum absolute atomic E-state index is 0.00457. The summed E-state index contributed by atoms with van der Waals surface area (Å²) in [5.74, 6) is 1.93. The second-order valence-electron chi connectivity index (χ2n) is 7.59. The summed E-state index contributed by atoms with van der Waals surface area (Å²) in [6, 6.07) is 3.47. The van der Waals surface area contributed by atoms with Crippen LogP contribution in [0.4, 0.5) is 0 Å². The van der Waals surface area contributed by atoms with E-state index in [-0.39, 0.29) is 23.3 Å². The zero-order valence-electron chi connectivity index (χ0n) is 18.5. The van der Waals surface area contributed by atoms with Crippen LogP contribution in [0.2, 0.25) is 0 Å². The first-order chi connectivity index (χ1) is 14.3. The van der Waals surface area contributed by atoms with E-state index in [0.29, 0.717) is 46.1 Å². The van der Waals surface area contributed by atoms with Crippen molar-refractivity contribution < 1.29 is 33.9 Å². The molecule has 7 nitrogen and oxygen atoms in total. The monoisotopic (exact) mass is 418 g/mol. The smallest absolute Gasteiger partial charge is 0.203 e. The van der Waals surface area contributed by atoms with Gasteiger partial charge in [0, 0.05) is 11.1 Å². The summed E-state index contributed by atoms with van der Waals surface area (Å²) >= 11 is 0. The molecule has 0 saturated heterocycles. The lowest BCUT2D eigenvalue weighted by molar-refractivity contribution is 0.0862. The second-order valence-corrected chi connectivity index (χ2v) is 7.59. The van der Waals surface area contributed by atoms with Crippen molar-refractivity contribution in [3.05, 3.63) is 23.3 Å². The number of phenols is 1. The summed E-state index contributed by atoms with van der Waals surface area (Å²) in [6.45, 7) is 4.09. The van der Waals surface area contributed by atoms with Gasteiger partial charge in [-0.3, -0.25) is 0 Å². The molecule has 7 heteroatoms. The van der Waals surface area contributed by atoms with E-state index in [4.69, 9.17) is 23.7 Å². The van der Waals surface area contributed by atoms with Gasteiger partial charge in [-0.1, -0.05) is 13.8 Å². The first kappa shape index (κ1) is 21.9. The molecule has 0 fully saturated rings. The van der Waals surface area contributed by atoms with Crippen LogP contribution in [0.15, 0.2) is 12.1 Å². The zero-order valence-corrected chi connectivity index (χ0v) is 18.5. The Balaban J connectivity index is 2.55. The average Bonchev–Trinajstić information content (AvgIpc) is 2.75. The van der Waals surface area contributed by atoms with Gasteiger partial charge in [-0.25, -0.2) is 0 Å². The molecule has 0 aliphatic heterocycles. The number of hydrogen-bond donors (Lipinski definition) is 2. The number of aromatic hydroxyl groups is 1. The van der Waals surface area contributed by atoms with Crippen molar-refractivity contribution in [1.29, 1.82) is 0 Å². The Kier molecular flexibility index (Phi) is 6.22. The highest BCUT2D eigenvalue weighted by molar-refractivity contribution is 5.88. The van der Waals surface area contributed by atoms with E-state index in [1.807, 2.05) is 6.92 Å². The summed E-state index contributed by atoms with van der Waals surface area (Å²) in [6.07, 6.45) is -0.153. The Labute approximate surface area is 177 Å². The number of methoxy groups -OCH3 is 5. The number of ether oxygens (including phenoxy) is 5. The zero-order chi connectivity index (χ0) is 22.2. The summed E-state index contributed by atoms with van der Waals surface area (Å²) in [5, 5.41) is 21.9. The lowest BCUT2D eigenvalue weighted by atomic mass is 9.76. The molecule has 0 spiro atoms. The van der Waals surface area contributed by atoms with Crippen molar-refractivity contribution in [3.8, 4) is 45.6 Å². The standard InChI is InChI=1S/C23H30O7/c1-11-8-13-9-15(24)20(27-4)22(29-6)17(13)18-14(19(25)12(11)2)10-16(26-3)21(28-5)23(18)30-7/h9-12,19,24-25H,8H2,1-7H3/t11-,12-,19+/m1/s1. The first-order valence-corrected chi connectivity index (χ1v) is 9.82. The van der Waals surface area contributed by atoms with Crippen LogP contribution in [0.25, 0.3) is 11.1 Å². The molecule has 0 heterocycles. The number of hydrogen-bond acceptors (Lipinski definition) is 7. The van der Waals surface area contributed by atoms with Gasteiger partial charge < -0.3 is 33.9 Å². The van der Waals surface area contributed by atoms with Crippen molar-refractivity contribution in [2.45, 2.75) is 26.4 Å². The maximum Gasteiger partial charge on any atom is 0.203 e. The molecule has 2 aromatic carbocycles. The molecule has 2 aromatic rings. The third kappa shape index (κ3) is 3.27. The fraction of sp³-hybridized carbons (Fsp3) is 0.478. The minimum Gasteiger partial charge on any atom is -0.504 e. The SMILES string of the molecule is COc1cc2c(c(OC)c1OC)-c1c(cc(O)c(OC)c1OC)C[C@@H](C)[C@@H](C)[C@@H]2O. The Hall–Kier alpha value is -2.80. The van der Waals surface area contributed by atoms with Crippen molar-refractivity contribution in [2.75, 3.05) is 35.5 Å².